The highest BCUT2D eigenvalue weighted by molar-refractivity contribution is 5.38. The van der Waals surface area contributed by atoms with Gasteiger partial charge < -0.3 is 4.74 Å². The van der Waals surface area contributed by atoms with Crippen LogP contribution in [0.4, 0.5) is 0 Å². The van der Waals surface area contributed by atoms with E-state index in [2.05, 4.69) is 39.0 Å². The maximum Gasteiger partial charge on any atom is 0.120 e. The summed E-state index contributed by atoms with van der Waals surface area (Å²) in [5.41, 5.74) is 3.51. The third-order valence-corrected chi connectivity index (χ3v) is 5.27. The molecule has 0 saturated heterocycles. The van der Waals surface area contributed by atoms with Crippen molar-refractivity contribution in [2.24, 2.45) is 11.3 Å². The van der Waals surface area contributed by atoms with Crippen LogP contribution in [0.5, 0.6) is 5.75 Å². The van der Waals surface area contributed by atoms with E-state index in [1.54, 1.807) is 0 Å². The van der Waals surface area contributed by atoms with E-state index in [1.165, 1.54) is 56.1 Å². The van der Waals surface area contributed by atoms with Crippen LogP contribution in [-0.4, -0.2) is 6.10 Å². The fourth-order valence-corrected chi connectivity index (χ4v) is 3.86. The summed E-state index contributed by atoms with van der Waals surface area (Å²) in [7, 11) is 0. The molecule has 0 bridgehead atoms. The molecule has 110 valence electrons. The first-order valence-electron chi connectivity index (χ1n) is 8.31. The molecule has 0 heterocycles. The summed E-state index contributed by atoms with van der Waals surface area (Å²) in [5, 5.41) is 0. The van der Waals surface area contributed by atoms with Crippen LogP contribution in [0.25, 0.3) is 0 Å². The molecule has 1 saturated carbocycles. The Hall–Kier alpha value is -0.980. The van der Waals surface area contributed by atoms with Gasteiger partial charge in [-0.25, -0.2) is 0 Å². The van der Waals surface area contributed by atoms with E-state index in [-0.39, 0.29) is 0 Å². The van der Waals surface area contributed by atoms with Gasteiger partial charge in [-0.05, 0) is 79.5 Å². The lowest BCUT2D eigenvalue weighted by molar-refractivity contribution is 0.0882. The Morgan fingerprint density at radius 1 is 0.950 bits per heavy atom. The predicted octanol–water partition coefficient (Wildman–Crippen LogP) is 5.16. The second-order valence-corrected chi connectivity index (χ2v) is 7.74. The van der Waals surface area contributed by atoms with Crippen molar-refractivity contribution in [3.05, 3.63) is 29.3 Å². The molecule has 0 atom stereocenters. The van der Waals surface area contributed by atoms with E-state index < -0.39 is 0 Å². The van der Waals surface area contributed by atoms with Crippen LogP contribution in [0.3, 0.4) is 0 Å². The van der Waals surface area contributed by atoms with Crippen molar-refractivity contribution in [2.75, 3.05) is 0 Å². The van der Waals surface area contributed by atoms with Gasteiger partial charge in [0, 0.05) is 0 Å². The molecule has 0 aliphatic heterocycles. The van der Waals surface area contributed by atoms with Crippen molar-refractivity contribution < 1.29 is 4.74 Å². The average Bonchev–Trinajstić information content (AvgIpc) is 2.86. The Morgan fingerprint density at radius 2 is 1.65 bits per heavy atom. The quantitative estimate of drug-likeness (QED) is 0.722. The number of hydrogen-bond donors (Lipinski definition) is 0. The van der Waals surface area contributed by atoms with Gasteiger partial charge >= 0.3 is 0 Å². The predicted molar refractivity (Wildman–Crippen MR) is 84.3 cm³/mol. The zero-order valence-corrected chi connectivity index (χ0v) is 13.2. The molecule has 20 heavy (non-hydrogen) atoms. The number of aryl methyl sites for hydroxylation is 2. The largest absolute Gasteiger partial charge is 0.490 e. The Labute approximate surface area is 123 Å². The number of ether oxygens (including phenoxy) is 1. The van der Waals surface area contributed by atoms with Crippen molar-refractivity contribution in [2.45, 2.75) is 71.8 Å². The van der Waals surface area contributed by atoms with Gasteiger partial charge in [0.2, 0.25) is 0 Å². The molecule has 1 fully saturated rings. The first-order chi connectivity index (χ1) is 9.52. The molecule has 0 N–H and O–H groups in total. The first kappa shape index (κ1) is 14.0. The lowest BCUT2D eigenvalue weighted by Gasteiger charge is -2.37. The van der Waals surface area contributed by atoms with E-state index in [4.69, 9.17) is 4.74 Å². The molecule has 1 nitrogen and oxygen atoms in total. The van der Waals surface area contributed by atoms with Crippen molar-refractivity contribution in [3.63, 3.8) is 0 Å². The van der Waals surface area contributed by atoms with Crippen molar-refractivity contribution >= 4 is 0 Å². The van der Waals surface area contributed by atoms with Crippen LogP contribution in [0.15, 0.2) is 18.2 Å². The third-order valence-electron chi connectivity index (χ3n) is 5.27. The Morgan fingerprint density at radius 3 is 2.35 bits per heavy atom. The minimum absolute atomic E-state index is 0.438. The highest BCUT2D eigenvalue weighted by Gasteiger charge is 2.30. The molecule has 3 rings (SSSR count). The summed E-state index contributed by atoms with van der Waals surface area (Å²) in [6.07, 6.45) is 9.33. The molecule has 0 aromatic heterocycles. The molecule has 1 heteroatoms. The van der Waals surface area contributed by atoms with Gasteiger partial charge in [0.1, 0.15) is 5.75 Å². The minimum Gasteiger partial charge on any atom is -0.490 e. The SMILES string of the molecule is CC(C)(C)C1CCC(Oc2ccc3c(c2)CCC3)CC1. The van der Waals surface area contributed by atoms with Crippen molar-refractivity contribution in [1.29, 1.82) is 0 Å². The van der Waals surface area contributed by atoms with E-state index >= 15 is 0 Å². The van der Waals surface area contributed by atoms with Crippen LogP contribution in [0.2, 0.25) is 0 Å². The average molecular weight is 272 g/mol. The third kappa shape index (κ3) is 3.02. The van der Waals surface area contributed by atoms with Crippen LogP contribution < -0.4 is 4.74 Å². The van der Waals surface area contributed by atoms with Gasteiger partial charge in [-0.3, -0.25) is 0 Å². The van der Waals surface area contributed by atoms with Gasteiger partial charge in [-0.2, -0.15) is 0 Å². The van der Waals surface area contributed by atoms with Crippen LogP contribution in [-0.2, 0) is 12.8 Å². The molecule has 2 aliphatic rings. The monoisotopic (exact) mass is 272 g/mol. The fourth-order valence-electron chi connectivity index (χ4n) is 3.86. The lowest BCUT2D eigenvalue weighted by Crippen LogP contribution is -2.30. The van der Waals surface area contributed by atoms with Gasteiger partial charge in [-0.15, -0.1) is 0 Å². The fraction of sp³-hybridized carbons (Fsp3) is 0.684. The summed E-state index contributed by atoms with van der Waals surface area (Å²) in [4.78, 5) is 0. The summed E-state index contributed by atoms with van der Waals surface area (Å²) >= 11 is 0. The molecular formula is C19H28O. The molecule has 0 radical (unpaired) electrons. The van der Waals surface area contributed by atoms with Crippen LogP contribution in [0, 0.1) is 11.3 Å². The van der Waals surface area contributed by atoms with E-state index in [9.17, 15) is 0 Å². The van der Waals surface area contributed by atoms with Gasteiger partial charge in [0.05, 0.1) is 6.10 Å². The van der Waals surface area contributed by atoms with Crippen molar-refractivity contribution in [1.82, 2.24) is 0 Å². The highest BCUT2D eigenvalue weighted by atomic mass is 16.5. The van der Waals surface area contributed by atoms with E-state index in [1.807, 2.05) is 0 Å². The van der Waals surface area contributed by atoms with Crippen molar-refractivity contribution in [3.8, 4) is 5.75 Å². The molecule has 0 spiro atoms. The lowest BCUT2D eigenvalue weighted by atomic mass is 9.72. The normalized spacial score (nSPS) is 26.4. The second-order valence-electron chi connectivity index (χ2n) is 7.74. The molecule has 2 aliphatic carbocycles. The standard InChI is InChI=1S/C19H28O/c1-19(2,3)16-8-11-17(12-9-16)20-18-10-7-14-5-4-6-15(14)13-18/h7,10,13,16-17H,4-6,8-9,11-12H2,1-3H3. The zero-order chi connectivity index (χ0) is 14.2. The number of fused-ring (bicyclic) bond motifs is 1. The minimum atomic E-state index is 0.438. The maximum atomic E-state index is 6.24. The number of benzene rings is 1. The van der Waals surface area contributed by atoms with E-state index in [0.29, 0.717) is 11.5 Å². The highest BCUT2D eigenvalue weighted by Crippen LogP contribution is 2.39. The Bertz CT molecular complexity index is 461. The summed E-state index contributed by atoms with van der Waals surface area (Å²) in [6.45, 7) is 7.12. The van der Waals surface area contributed by atoms with Gasteiger partial charge in [0.15, 0.2) is 0 Å². The summed E-state index contributed by atoms with van der Waals surface area (Å²) in [6, 6.07) is 6.75. The molecule has 1 aromatic carbocycles. The second kappa shape index (κ2) is 5.42. The van der Waals surface area contributed by atoms with Crippen LogP contribution >= 0.6 is 0 Å². The molecule has 1 aromatic rings. The first-order valence-corrected chi connectivity index (χ1v) is 8.31. The maximum absolute atomic E-state index is 6.24. The topological polar surface area (TPSA) is 9.23 Å². The molecular weight excluding hydrogens is 244 g/mol. The van der Waals surface area contributed by atoms with E-state index in [0.717, 1.165) is 11.7 Å². The van der Waals surface area contributed by atoms with Gasteiger partial charge in [0.25, 0.3) is 0 Å². The molecule has 0 amide bonds. The zero-order valence-electron chi connectivity index (χ0n) is 13.2. The van der Waals surface area contributed by atoms with Gasteiger partial charge in [-0.1, -0.05) is 26.8 Å². The van der Waals surface area contributed by atoms with Crippen LogP contribution in [0.1, 0.15) is 64.0 Å². The Kier molecular flexibility index (Phi) is 3.79. The number of rotatable bonds is 2. The number of hydrogen-bond acceptors (Lipinski definition) is 1. The smallest absolute Gasteiger partial charge is 0.120 e. The summed E-state index contributed by atoms with van der Waals surface area (Å²) < 4.78 is 6.24. The Balaban J connectivity index is 1.57. The molecule has 0 unspecified atom stereocenters. The summed E-state index contributed by atoms with van der Waals surface area (Å²) in [5.74, 6) is 1.97.